The Morgan fingerprint density at radius 3 is 2.81 bits per heavy atom. The number of carbonyl (C=O) groups is 1. The second-order valence-electron chi connectivity index (χ2n) is 8.45. The molecule has 7 nitrogen and oxygen atoms in total. The van der Waals surface area contributed by atoms with Crippen LogP contribution in [-0.4, -0.2) is 48.7 Å². The summed E-state index contributed by atoms with van der Waals surface area (Å²) in [7, 11) is 0. The first-order valence-corrected chi connectivity index (χ1v) is 10.6. The van der Waals surface area contributed by atoms with Crippen LogP contribution in [-0.2, 0) is 19.0 Å². The number of amides is 1. The fraction of sp³-hybridized carbons (Fsp3) is 0.524. The number of fused-ring (bicyclic) bond motifs is 2. The van der Waals surface area contributed by atoms with Crippen LogP contribution in [0.2, 0.25) is 0 Å². The molecule has 5 rings (SSSR count). The molecule has 0 aromatic carbocycles. The van der Waals surface area contributed by atoms with Crippen LogP contribution >= 0.6 is 0 Å². The number of aromatic amines is 1. The SMILES string of the molecule is Cc1cc2nc(C3CCCN(C(=O)c4n[nH]c5c4CCCC5)C3)cc(C(F)(F)F)n2n1. The van der Waals surface area contributed by atoms with Gasteiger partial charge in [-0.25, -0.2) is 9.50 Å². The summed E-state index contributed by atoms with van der Waals surface area (Å²) in [6, 6.07) is 2.62. The lowest BCUT2D eigenvalue weighted by Gasteiger charge is -2.32. The smallest absolute Gasteiger partial charge is 0.337 e. The van der Waals surface area contributed by atoms with Gasteiger partial charge in [0.2, 0.25) is 0 Å². The summed E-state index contributed by atoms with van der Waals surface area (Å²) in [5.41, 5.74) is 2.63. The number of aryl methyl sites for hydroxylation is 2. The molecule has 1 saturated heterocycles. The molecule has 1 aliphatic carbocycles. The van der Waals surface area contributed by atoms with Crippen molar-refractivity contribution < 1.29 is 18.0 Å². The fourth-order valence-electron chi connectivity index (χ4n) is 4.73. The summed E-state index contributed by atoms with van der Waals surface area (Å²) in [6.07, 6.45) is 0.673. The van der Waals surface area contributed by atoms with Gasteiger partial charge in [0.15, 0.2) is 11.3 Å². The van der Waals surface area contributed by atoms with Crippen molar-refractivity contribution in [3.05, 3.63) is 46.2 Å². The normalized spacial score (nSPS) is 19.6. The molecule has 31 heavy (non-hydrogen) atoms. The predicted octanol–water partition coefficient (Wildman–Crippen LogP) is 3.68. The van der Waals surface area contributed by atoms with E-state index in [2.05, 4.69) is 20.3 Å². The van der Waals surface area contributed by atoms with Crippen LogP contribution in [0.3, 0.4) is 0 Å². The molecule has 2 aliphatic rings. The van der Waals surface area contributed by atoms with E-state index in [4.69, 9.17) is 0 Å². The van der Waals surface area contributed by atoms with Crippen molar-refractivity contribution in [1.29, 1.82) is 0 Å². The number of piperidine rings is 1. The zero-order valence-corrected chi connectivity index (χ0v) is 17.2. The highest BCUT2D eigenvalue weighted by atomic mass is 19.4. The van der Waals surface area contributed by atoms with Gasteiger partial charge in [-0.05, 0) is 51.5 Å². The Labute approximate surface area is 176 Å². The molecule has 0 bridgehead atoms. The number of carbonyl (C=O) groups excluding carboxylic acids is 1. The first kappa shape index (κ1) is 20.0. The number of hydrogen-bond acceptors (Lipinski definition) is 4. The lowest BCUT2D eigenvalue weighted by atomic mass is 9.92. The Balaban J connectivity index is 1.45. The highest BCUT2D eigenvalue weighted by molar-refractivity contribution is 5.94. The first-order chi connectivity index (χ1) is 14.8. The molecule has 1 amide bonds. The van der Waals surface area contributed by atoms with Crippen LogP contribution in [0.4, 0.5) is 13.2 Å². The average Bonchev–Trinajstić information content (AvgIpc) is 3.34. The third-order valence-corrected chi connectivity index (χ3v) is 6.25. The van der Waals surface area contributed by atoms with Crippen molar-refractivity contribution in [1.82, 2.24) is 29.7 Å². The summed E-state index contributed by atoms with van der Waals surface area (Å²) in [6.45, 7) is 2.53. The van der Waals surface area contributed by atoms with Gasteiger partial charge < -0.3 is 4.90 Å². The fourth-order valence-corrected chi connectivity index (χ4v) is 4.73. The molecular formula is C21H23F3N6O. The van der Waals surface area contributed by atoms with E-state index in [1.54, 1.807) is 17.9 Å². The number of nitrogens with one attached hydrogen (secondary N) is 1. The number of H-pyrrole nitrogens is 1. The Kier molecular flexibility index (Phi) is 4.75. The zero-order valence-electron chi connectivity index (χ0n) is 17.2. The molecular weight excluding hydrogens is 409 g/mol. The number of halogens is 3. The molecule has 1 atom stereocenters. The van der Waals surface area contributed by atoms with Crippen LogP contribution in [0, 0.1) is 6.92 Å². The van der Waals surface area contributed by atoms with E-state index in [0.717, 1.165) is 47.5 Å². The van der Waals surface area contributed by atoms with Gasteiger partial charge in [0, 0.05) is 42.0 Å². The van der Waals surface area contributed by atoms with Crippen LogP contribution in [0.25, 0.3) is 5.65 Å². The largest absolute Gasteiger partial charge is 0.433 e. The van der Waals surface area contributed by atoms with Gasteiger partial charge in [0.1, 0.15) is 5.69 Å². The second-order valence-corrected chi connectivity index (χ2v) is 8.45. The van der Waals surface area contributed by atoms with E-state index in [1.807, 2.05) is 0 Å². The van der Waals surface area contributed by atoms with E-state index >= 15 is 0 Å². The highest BCUT2D eigenvalue weighted by Crippen LogP contribution is 2.34. The molecule has 0 spiro atoms. The lowest BCUT2D eigenvalue weighted by molar-refractivity contribution is -0.142. The van der Waals surface area contributed by atoms with Gasteiger partial charge in [-0.1, -0.05) is 0 Å². The molecule has 1 aliphatic heterocycles. The number of aromatic nitrogens is 5. The molecule has 0 saturated carbocycles. The van der Waals surface area contributed by atoms with Gasteiger partial charge in [-0.3, -0.25) is 9.89 Å². The number of nitrogens with zero attached hydrogens (tertiary/aromatic N) is 5. The zero-order chi connectivity index (χ0) is 21.8. The van der Waals surface area contributed by atoms with Crippen molar-refractivity contribution in [2.45, 2.75) is 57.5 Å². The molecule has 1 fully saturated rings. The van der Waals surface area contributed by atoms with Gasteiger partial charge >= 0.3 is 6.18 Å². The van der Waals surface area contributed by atoms with Gasteiger partial charge in [-0.15, -0.1) is 0 Å². The molecule has 3 aromatic rings. The monoisotopic (exact) mass is 432 g/mol. The van der Waals surface area contributed by atoms with Crippen LogP contribution in [0.1, 0.15) is 70.4 Å². The van der Waals surface area contributed by atoms with E-state index in [1.165, 1.54) is 0 Å². The molecule has 164 valence electrons. The van der Waals surface area contributed by atoms with Gasteiger partial charge in [-0.2, -0.15) is 23.4 Å². The quantitative estimate of drug-likeness (QED) is 0.670. The number of hydrogen-bond donors (Lipinski definition) is 1. The van der Waals surface area contributed by atoms with Crippen molar-refractivity contribution >= 4 is 11.6 Å². The third-order valence-electron chi connectivity index (χ3n) is 6.25. The number of alkyl halides is 3. The predicted molar refractivity (Wildman–Crippen MR) is 106 cm³/mol. The average molecular weight is 432 g/mol. The molecule has 3 aromatic heterocycles. The maximum Gasteiger partial charge on any atom is 0.433 e. The Morgan fingerprint density at radius 1 is 1.19 bits per heavy atom. The Morgan fingerprint density at radius 2 is 2.00 bits per heavy atom. The molecule has 10 heteroatoms. The van der Waals surface area contributed by atoms with Crippen LogP contribution in [0.5, 0.6) is 0 Å². The van der Waals surface area contributed by atoms with E-state index in [9.17, 15) is 18.0 Å². The summed E-state index contributed by atoms with van der Waals surface area (Å²) in [5.74, 6) is -0.421. The lowest BCUT2D eigenvalue weighted by Crippen LogP contribution is -2.40. The summed E-state index contributed by atoms with van der Waals surface area (Å²) >= 11 is 0. The van der Waals surface area contributed by atoms with E-state index < -0.39 is 11.9 Å². The van der Waals surface area contributed by atoms with Crippen molar-refractivity contribution in [3.8, 4) is 0 Å². The van der Waals surface area contributed by atoms with Crippen molar-refractivity contribution in [2.75, 3.05) is 13.1 Å². The Bertz CT molecular complexity index is 1150. The van der Waals surface area contributed by atoms with E-state index in [0.29, 0.717) is 43.0 Å². The maximum absolute atomic E-state index is 13.7. The number of rotatable bonds is 2. The van der Waals surface area contributed by atoms with Gasteiger partial charge in [0.25, 0.3) is 5.91 Å². The van der Waals surface area contributed by atoms with Crippen LogP contribution in [0.15, 0.2) is 12.1 Å². The minimum atomic E-state index is -4.55. The summed E-state index contributed by atoms with van der Waals surface area (Å²) in [5, 5.41) is 11.2. The molecule has 0 radical (unpaired) electrons. The van der Waals surface area contributed by atoms with Crippen molar-refractivity contribution in [3.63, 3.8) is 0 Å². The minimum Gasteiger partial charge on any atom is -0.337 e. The minimum absolute atomic E-state index is 0.151. The number of likely N-dealkylation sites (tertiary alicyclic amines) is 1. The maximum atomic E-state index is 13.7. The van der Waals surface area contributed by atoms with E-state index in [-0.39, 0.29) is 17.5 Å². The highest BCUT2D eigenvalue weighted by Gasteiger charge is 2.37. The van der Waals surface area contributed by atoms with Crippen molar-refractivity contribution in [2.24, 2.45) is 0 Å². The van der Waals surface area contributed by atoms with Crippen LogP contribution < -0.4 is 0 Å². The summed E-state index contributed by atoms with van der Waals surface area (Å²) < 4.78 is 41.8. The third kappa shape index (κ3) is 3.57. The molecule has 1 N–H and O–H groups in total. The van der Waals surface area contributed by atoms with Gasteiger partial charge in [0.05, 0.1) is 5.69 Å². The topological polar surface area (TPSA) is 79.2 Å². The summed E-state index contributed by atoms with van der Waals surface area (Å²) in [4.78, 5) is 19.4. The second kappa shape index (κ2) is 7.35. The Hall–Kier alpha value is -2.91. The first-order valence-electron chi connectivity index (χ1n) is 10.6. The molecule has 1 unspecified atom stereocenters. The standard InChI is InChI=1S/C21H23F3N6O/c1-12-9-18-25-16(10-17(21(22,23)24)30(18)28-12)13-5-4-8-29(11-13)20(31)19-14-6-2-3-7-15(14)26-27-19/h9-10,13H,2-8,11H2,1H3,(H,26,27). The molecule has 4 heterocycles.